The van der Waals surface area contributed by atoms with Gasteiger partial charge in [0.2, 0.25) is 0 Å². The van der Waals surface area contributed by atoms with Gasteiger partial charge in [-0.15, -0.1) is 0 Å². The van der Waals surface area contributed by atoms with Crippen LogP contribution in [-0.4, -0.2) is 11.6 Å². The zero-order valence-electron chi connectivity index (χ0n) is 10.3. The zero-order valence-corrected chi connectivity index (χ0v) is 10.3. The predicted octanol–water partition coefficient (Wildman–Crippen LogP) is 2.74. The number of nitrogens with zero attached hydrogens (tertiary/aromatic N) is 1. The fraction of sp³-hybridized carbons (Fsp3) is 0.143. The fourth-order valence-corrected chi connectivity index (χ4v) is 1.53. The van der Waals surface area contributed by atoms with E-state index in [1.165, 1.54) is 0 Å². The normalized spacial score (nSPS) is 11.3. The average molecular weight is 242 g/mol. The Morgan fingerprint density at radius 2 is 2.11 bits per heavy atom. The van der Waals surface area contributed by atoms with Gasteiger partial charge >= 0.3 is 0 Å². The lowest BCUT2D eigenvalue weighted by Gasteiger charge is -2.02. The first-order valence-electron chi connectivity index (χ1n) is 5.62. The molecule has 1 amide bonds. The minimum atomic E-state index is -0.232. The summed E-state index contributed by atoms with van der Waals surface area (Å²) in [6.07, 6.45) is 1.57. The average Bonchev–Trinajstić information content (AvgIpc) is 2.89. The van der Waals surface area contributed by atoms with Gasteiger partial charge in [0.05, 0.1) is 6.26 Å². The third-order valence-electron chi connectivity index (χ3n) is 2.48. The molecular formula is C14H14N2O2. The van der Waals surface area contributed by atoms with Crippen molar-refractivity contribution in [3.05, 3.63) is 59.5 Å². The Labute approximate surface area is 105 Å². The van der Waals surface area contributed by atoms with Crippen LogP contribution in [-0.2, 0) is 0 Å². The third-order valence-corrected chi connectivity index (χ3v) is 2.48. The highest BCUT2D eigenvalue weighted by Gasteiger charge is 2.05. The number of aryl methyl sites for hydroxylation is 1. The molecule has 0 spiro atoms. The second-order valence-corrected chi connectivity index (χ2v) is 3.98. The van der Waals surface area contributed by atoms with Gasteiger partial charge in [0.1, 0.15) is 11.5 Å². The van der Waals surface area contributed by atoms with Gasteiger partial charge in [-0.3, -0.25) is 4.79 Å². The lowest BCUT2D eigenvalue weighted by atomic mass is 10.1. The van der Waals surface area contributed by atoms with Crippen LogP contribution < -0.4 is 5.43 Å². The first kappa shape index (κ1) is 12.1. The molecule has 0 bridgehead atoms. The summed E-state index contributed by atoms with van der Waals surface area (Å²) in [5, 5.41) is 4.00. The fourth-order valence-electron chi connectivity index (χ4n) is 1.53. The Morgan fingerprint density at radius 3 is 2.78 bits per heavy atom. The van der Waals surface area contributed by atoms with Gasteiger partial charge in [0, 0.05) is 5.56 Å². The van der Waals surface area contributed by atoms with Gasteiger partial charge in [0.15, 0.2) is 0 Å². The van der Waals surface area contributed by atoms with Crippen LogP contribution >= 0.6 is 0 Å². The highest BCUT2D eigenvalue weighted by Crippen LogP contribution is 2.04. The molecule has 0 saturated carbocycles. The van der Waals surface area contributed by atoms with Crippen molar-refractivity contribution >= 4 is 11.6 Å². The van der Waals surface area contributed by atoms with Crippen LogP contribution in [0.1, 0.15) is 28.6 Å². The molecule has 4 nitrogen and oxygen atoms in total. The highest BCUT2D eigenvalue weighted by molar-refractivity contribution is 5.99. The second-order valence-electron chi connectivity index (χ2n) is 3.98. The molecule has 0 aliphatic carbocycles. The van der Waals surface area contributed by atoms with Gasteiger partial charge in [-0.1, -0.05) is 17.7 Å². The second kappa shape index (κ2) is 5.31. The van der Waals surface area contributed by atoms with Gasteiger partial charge in [0.25, 0.3) is 5.91 Å². The monoisotopic (exact) mass is 242 g/mol. The van der Waals surface area contributed by atoms with Crippen LogP contribution in [0, 0.1) is 6.92 Å². The summed E-state index contributed by atoms with van der Waals surface area (Å²) in [6.45, 7) is 3.71. The molecule has 0 radical (unpaired) electrons. The molecule has 2 aromatic rings. The SMILES string of the molecule is CC(=NNC(=O)c1cccc(C)c1)c1ccco1. The van der Waals surface area contributed by atoms with Crippen molar-refractivity contribution in [2.75, 3.05) is 0 Å². The molecule has 18 heavy (non-hydrogen) atoms. The maximum absolute atomic E-state index is 11.8. The molecule has 0 saturated heterocycles. The largest absolute Gasteiger partial charge is 0.463 e. The number of carbonyl (C=O) groups is 1. The van der Waals surface area contributed by atoms with E-state index >= 15 is 0 Å². The number of nitrogens with one attached hydrogen (secondary N) is 1. The molecule has 0 atom stereocenters. The number of hydrogen-bond donors (Lipinski definition) is 1. The Balaban J connectivity index is 2.07. The summed E-state index contributed by atoms with van der Waals surface area (Å²) < 4.78 is 5.17. The number of rotatable bonds is 3. The maximum Gasteiger partial charge on any atom is 0.271 e. The van der Waals surface area contributed by atoms with E-state index in [9.17, 15) is 4.79 Å². The number of hydrogen-bond acceptors (Lipinski definition) is 3. The predicted molar refractivity (Wildman–Crippen MR) is 69.6 cm³/mol. The van der Waals surface area contributed by atoms with E-state index in [2.05, 4.69) is 10.5 Å². The summed E-state index contributed by atoms with van der Waals surface area (Å²) >= 11 is 0. The van der Waals surface area contributed by atoms with Crippen molar-refractivity contribution in [3.8, 4) is 0 Å². The van der Waals surface area contributed by atoms with Gasteiger partial charge in [-0.05, 0) is 38.1 Å². The molecule has 92 valence electrons. The van der Waals surface area contributed by atoms with Crippen LogP contribution in [0.5, 0.6) is 0 Å². The number of hydrazone groups is 1. The highest BCUT2D eigenvalue weighted by atomic mass is 16.3. The molecule has 4 heteroatoms. The van der Waals surface area contributed by atoms with Crippen molar-refractivity contribution in [3.63, 3.8) is 0 Å². The summed E-state index contributed by atoms with van der Waals surface area (Å²) in [5.41, 5.74) is 4.75. The molecule has 0 fully saturated rings. The minimum Gasteiger partial charge on any atom is -0.463 e. The summed E-state index contributed by atoms with van der Waals surface area (Å²) in [7, 11) is 0. The van der Waals surface area contributed by atoms with Crippen LogP contribution in [0.15, 0.2) is 52.2 Å². The van der Waals surface area contributed by atoms with E-state index in [0.717, 1.165) is 5.56 Å². The molecule has 2 rings (SSSR count). The number of carbonyl (C=O) groups excluding carboxylic acids is 1. The molecule has 0 aliphatic heterocycles. The Hall–Kier alpha value is -2.36. The third kappa shape index (κ3) is 2.85. The van der Waals surface area contributed by atoms with E-state index in [4.69, 9.17) is 4.42 Å². The Morgan fingerprint density at radius 1 is 1.28 bits per heavy atom. The molecule has 1 N–H and O–H groups in total. The Kier molecular flexibility index (Phi) is 3.57. The Bertz CT molecular complexity index is 571. The zero-order chi connectivity index (χ0) is 13.0. The molecule has 1 heterocycles. The van der Waals surface area contributed by atoms with E-state index in [1.807, 2.05) is 25.1 Å². The lowest BCUT2D eigenvalue weighted by molar-refractivity contribution is 0.0954. The lowest BCUT2D eigenvalue weighted by Crippen LogP contribution is -2.19. The van der Waals surface area contributed by atoms with E-state index in [-0.39, 0.29) is 5.91 Å². The quantitative estimate of drug-likeness (QED) is 0.664. The van der Waals surface area contributed by atoms with Gasteiger partial charge in [-0.25, -0.2) is 5.43 Å². The van der Waals surface area contributed by atoms with Crippen LogP contribution in [0.3, 0.4) is 0 Å². The number of furan rings is 1. The first-order chi connectivity index (χ1) is 8.66. The molecule has 1 aromatic carbocycles. The van der Waals surface area contributed by atoms with Crippen LogP contribution in [0.2, 0.25) is 0 Å². The summed E-state index contributed by atoms with van der Waals surface area (Å²) in [5.74, 6) is 0.407. The van der Waals surface area contributed by atoms with Crippen LogP contribution in [0.25, 0.3) is 0 Å². The smallest absolute Gasteiger partial charge is 0.271 e. The van der Waals surface area contributed by atoms with E-state index in [1.54, 1.807) is 31.4 Å². The summed E-state index contributed by atoms with van der Waals surface area (Å²) in [4.78, 5) is 11.8. The molecule has 1 aromatic heterocycles. The molecule has 0 unspecified atom stereocenters. The van der Waals surface area contributed by atoms with Crippen molar-refractivity contribution in [2.45, 2.75) is 13.8 Å². The molecular weight excluding hydrogens is 228 g/mol. The number of benzene rings is 1. The minimum absolute atomic E-state index is 0.232. The van der Waals surface area contributed by atoms with Crippen molar-refractivity contribution < 1.29 is 9.21 Å². The van der Waals surface area contributed by atoms with Crippen LogP contribution in [0.4, 0.5) is 0 Å². The standard InChI is InChI=1S/C14H14N2O2/c1-10-5-3-6-12(9-10)14(17)16-15-11(2)13-7-4-8-18-13/h3-9H,1-2H3,(H,16,17). The van der Waals surface area contributed by atoms with E-state index < -0.39 is 0 Å². The number of amides is 1. The van der Waals surface area contributed by atoms with Crippen molar-refractivity contribution in [2.24, 2.45) is 5.10 Å². The first-order valence-corrected chi connectivity index (χ1v) is 5.62. The van der Waals surface area contributed by atoms with Crippen molar-refractivity contribution in [1.82, 2.24) is 5.43 Å². The van der Waals surface area contributed by atoms with Gasteiger partial charge < -0.3 is 4.42 Å². The van der Waals surface area contributed by atoms with Crippen molar-refractivity contribution in [1.29, 1.82) is 0 Å². The maximum atomic E-state index is 11.8. The topological polar surface area (TPSA) is 54.6 Å². The summed E-state index contributed by atoms with van der Waals surface area (Å²) in [6, 6.07) is 10.9. The molecule has 0 aliphatic rings. The van der Waals surface area contributed by atoms with Gasteiger partial charge in [-0.2, -0.15) is 5.10 Å². The van der Waals surface area contributed by atoms with E-state index in [0.29, 0.717) is 17.0 Å².